The van der Waals surface area contributed by atoms with Crippen LogP contribution in [0.1, 0.15) is 18.9 Å². The zero-order valence-corrected chi connectivity index (χ0v) is 10.5. The molecule has 17 heavy (non-hydrogen) atoms. The number of fused-ring (bicyclic) bond motifs is 1. The van der Waals surface area contributed by atoms with E-state index in [-0.39, 0.29) is 0 Å². The standard InChI is InChI=1S/C14H19NO2/c1-3-8-16-12-4-5-14-13(9-12)11(10-17-14)6-7-15-2/h4-5,9-10,15H,3,6-8H2,1-2H3. The molecule has 0 radical (unpaired) electrons. The predicted molar refractivity (Wildman–Crippen MR) is 69.6 cm³/mol. The van der Waals surface area contributed by atoms with Crippen LogP contribution in [0.5, 0.6) is 5.75 Å². The lowest BCUT2D eigenvalue weighted by Gasteiger charge is -2.04. The van der Waals surface area contributed by atoms with E-state index in [1.54, 1.807) is 0 Å². The van der Waals surface area contributed by atoms with E-state index in [0.29, 0.717) is 0 Å². The molecule has 92 valence electrons. The summed E-state index contributed by atoms with van der Waals surface area (Å²) >= 11 is 0. The second kappa shape index (κ2) is 5.73. The molecule has 3 heteroatoms. The van der Waals surface area contributed by atoms with E-state index in [0.717, 1.165) is 42.7 Å². The van der Waals surface area contributed by atoms with Crippen molar-refractivity contribution in [3.63, 3.8) is 0 Å². The van der Waals surface area contributed by atoms with Crippen LogP contribution in [-0.2, 0) is 6.42 Å². The lowest BCUT2D eigenvalue weighted by Crippen LogP contribution is -2.09. The Balaban J connectivity index is 2.23. The highest BCUT2D eigenvalue weighted by molar-refractivity contribution is 5.82. The van der Waals surface area contributed by atoms with Gasteiger partial charge in [-0.1, -0.05) is 6.92 Å². The normalized spacial score (nSPS) is 10.9. The number of nitrogens with one attached hydrogen (secondary N) is 1. The summed E-state index contributed by atoms with van der Waals surface area (Å²) in [6.45, 7) is 3.82. The Kier molecular flexibility index (Phi) is 4.04. The summed E-state index contributed by atoms with van der Waals surface area (Å²) < 4.78 is 11.2. The lowest BCUT2D eigenvalue weighted by atomic mass is 10.1. The van der Waals surface area contributed by atoms with E-state index >= 15 is 0 Å². The van der Waals surface area contributed by atoms with Crippen LogP contribution in [0.4, 0.5) is 0 Å². The van der Waals surface area contributed by atoms with Crippen molar-refractivity contribution in [3.8, 4) is 5.75 Å². The molecule has 1 N–H and O–H groups in total. The molecular formula is C14H19NO2. The van der Waals surface area contributed by atoms with Gasteiger partial charge in [-0.15, -0.1) is 0 Å². The van der Waals surface area contributed by atoms with Crippen LogP contribution >= 0.6 is 0 Å². The molecule has 0 fully saturated rings. The maximum absolute atomic E-state index is 5.63. The van der Waals surface area contributed by atoms with E-state index in [2.05, 4.69) is 18.3 Å². The van der Waals surface area contributed by atoms with Crippen LogP contribution in [-0.4, -0.2) is 20.2 Å². The SMILES string of the molecule is CCCOc1ccc2occ(CCNC)c2c1. The summed E-state index contributed by atoms with van der Waals surface area (Å²) in [4.78, 5) is 0. The van der Waals surface area contributed by atoms with E-state index < -0.39 is 0 Å². The van der Waals surface area contributed by atoms with Crippen molar-refractivity contribution in [3.05, 3.63) is 30.0 Å². The van der Waals surface area contributed by atoms with Gasteiger partial charge in [-0.2, -0.15) is 0 Å². The van der Waals surface area contributed by atoms with Crippen molar-refractivity contribution < 1.29 is 9.15 Å². The third kappa shape index (κ3) is 2.80. The second-order valence-corrected chi connectivity index (χ2v) is 4.12. The minimum absolute atomic E-state index is 0.759. The summed E-state index contributed by atoms with van der Waals surface area (Å²) in [7, 11) is 1.96. The highest BCUT2D eigenvalue weighted by Crippen LogP contribution is 2.26. The van der Waals surface area contributed by atoms with Gasteiger partial charge in [-0.05, 0) is 50.2 Å². The maximum Gasteiger partial charge on any atom is 0.134 e. The van der Waals surface area contributed by atoms with E-state index in [4.69, 9.17) is 9.15 Å². The summed E-state index contributed by atoms with van der Waals surface area (Å²) in [5.41, 5.74) is 2.16. The minimum atomic E-state index is 0.759. The second-order valence-electron chi connectivity index (χ2n) is 4.12. The Bertz CT molecular complexity index is 476. The molecule has 0 spiro atoms. The highest BCUT2D eigenvalue weighted by Gasteiger charge is 2.06. The predicted octanol–water partition coefficient (Wildman–Crippen LogP) is 2.98. The molecule has 0 bridgehead atoms. The molecule has 2 aromatic rings. The Morgan fingerprint density at radius 2 is 2.24 bits per heavy atom. The topological polar surface area (TPSA) is 34.4 Å². The van der Waals surface area contributed by atoms with Crippen molar-refractivity contribution >= 4 is 11.0 Å². The van der Waals surface area contributed by atoms with Crippen molar-refractivity contribution in [2.75, 3.05) is 20.2 Å². The molecule has 0 saturated carbocycles. The number of rotatable bonds is 6. The summed E-state index contributed by atoms with van der Waals surface area (Å²) in [6, 6.07) is 6.01. The van der Waals surface area contributed by atoms with Gasteiger partial charge < -0.3 is 14.5 Å². The molecular weight excluding hydrogens is 214 g/mol. The van der Waals surface area contributed by atoms with Gasteiger partial charge in [0.2, 0.25) is 0 Å². The first-order valence-electron chi connectivity index (χ1n) is 6.12. The van der Waals surface area contributed by atoms with Gasteiger partial charge >= 0.3 is 0 Å². The Morgan fingerprint density at radius 1 is 1.35 bits per heavy atom. The number of likely N-dealkylation sites (N-methyl/N-ethyl adjacent to an activating group) is 1. The van der Waals surface area contributed by atoms with Gasteiger partial charge in [0.05, 0.1) is 12.9 Å². The first-order chi connectivity index (χ1) is 8.35. The molecule has 0 saturated heterocycles. The highest BCUT2D eigenvalue weighted by atomic mass is 16.5. The van der Waals surface area contributed by atoms with Crippen LogP contribution < -0.4 is 10.1 Å². The van der Waals surface area contributed by atoms with Crippen LogP contribution in [0.3, 0.4) is 0 Å². The Labute approximate surface area is 102 Å². The molecule has 0 atom stereocenters. The molecule has 0 amide bonds. The van der Waals surface area contributed by atoms with E-state index in [9.17, 15) is 0 Å². The number of benzene rings is 1. The maximum atomic E-state index is 5.63. The molecule has 1 aromatic carbocycles. The number of hydrogen-bond donors (Lipinski definition) is 1. The molecule has 3 nitrogen and oxygen atoms in total. The smallest absolute Gasteiger partial charge is 0.134 e. The zero-order valence-electron chi connectivity index (χ0n) is 10.5. The van der Waals surface area contributed by atoms with Gasteiger partial charge in [0.15, 0.2) is 0 Å². The van der Waals surface area contributed by atoms with Crippen LogP contribution in [0.25, 0.3) is 11.0 Å². The van der Waals surface area contributed by atoms with Crippen molar-refractivity contribution in [2.24, 2.45) is 0 Å². The van der Waals surface area contributed by atoms with Crippen molar-refractivity contribution in [1.29, 1.82) is 0 Å². The quantitative estimate of drug-likeness (QED) is 0.833. The number of ether oxygens (including phenoxy) is 1. The summed E-state index contributed by atoms with van der Waals surface area (Å²) in [5.74, 6) is 0.923. The first-order valence-corrected chi connectivity index (χ1v) is 6.12. The van der Waals surface area contributed by atoms with Crippen molar-refractivity contribution in [1.82, 2.24) is 5.32 Å². The molecule has 1 heterocycles. The average Bonchev–Trinajstić information content (AvgIpc) is 2.76. The Morgan fingerprint density at radius 3 is 3.00 bits per heavy atom. The fourth-order valence-corrected chi connectivity index (χ4v) is 1.82. The van der Waals surface area contributed by atoms with Gasteiger partial charge in [0.1, 0.15) is 11.3 Å². The molecule has 0 aliphatic rings. The number of furan rings is 1. The molecule has 0 aliphatic carbocycles. The summed E-state index contributed by atoms with van der Waals surface area (Å²) in [5, 5.41) is 4.31. The van der Waals surface area contributed by atoms with Gasteiger partial charge in [0.25, 0.3) is 0 Å². The largest absolute Gasteiger partial charge is 0.494 e. The van der Waals surface area contributed by atoms with Crippen molar-refractivity contribution in [2.45, 2.75) is 19.8 Å². The average molecular weight is 233 g/mol. The number of hydrogen-bond acceptors (Lipinski definition) is 3. The van der Waals surface area contributed by atoms with E-state index in [1.807, 2.05) is 25.4 Å². The lowest BCUT2D eigenvalue weighted by molar-refractivity contribution is 0.318. The van der Waals surface area contributed by atoms with Crippen LogP contribution in [0.15, 0.2) is 28.9 Å². The fraction of sp³-hybridized carbons (Fsp3) is 0.429. The molecule has 1 aromatic heterocycles. The first kappa shape index (κ1) is 12.0. The van der Waals surface area contributed by atoms with Crippen LogP contribution in [0.2, 0.25) is 0 Å². The molecule has 0 aliphatic heterocycles. The minimum Gasteiger partial charge on any atom is -0.494 e. The third-order valence-corrected chi connectivity index (χ3v) is 2.74. The van der Waals surface area contributed by atoms with Gasteiger partial charge in [-0.25, -0.2) is 0 Å². The van der Waals surface area contributed by atoms with Crippen LogP contribution in [0, 0.1) is 0 Å². The monoisotopic (exact) mass is 233 g/mol. The van der Waals surface area contributed by atoms with Gasteiger partial charge in [-0.3, -0.25) is 0 Å². The fourth-order valence-electron chi connectivity index (χ4n) is 1.82. The third-order valence-electron chi connectivity index (χ3n) is 2.74. The van der Waals surface area contributed by atoms with E-state index in [1.165, 1.54) is 5.56 Å². The summed E-state index contributed by atoms with van der Waals surface area (Å²) in [6.07, 6.45) is 3.84. The zero-order chi connectivity index (χ0) is 12.1. The molecule has 2 rings (SSSR count). The van der Waals surface area contributed by atoms with Gasteiger partial charge in [0, 0.05) is 5.39 Å². The molecule has 0 unspecified atom stereocenters. The Hall–Kier alpha value is -1.48.